The summed E-state index contributed by atoms with van der Waals surface area (Å²) < 4.78 is 36.8. The molecule has 0 N–H and O–H groups in total. The van der Waals surface area contributed by atoms with Crippen LogP contribution in [-0.2, 0) is 19.6 Å². The highest BCUT2D eigenvalue weighted by atomic mass is 32.2. The molecule has 8 nitrogen and oxygen atoms in total. The van der Waals surface area contributed by atoms with Crippen molar-refractivity contribution < 1.29 is 27.2 Å². The second-order valence-electron chi connectivity index (χ2n) is 6.90. The minimum atomic E-state index is -3.84. The molecule has 1 saturated heterocycles. The highest BCUT2D eigenvalue weighted by molar-refractivity contribution is 7.89. The lowest BCUT2D eigenvalue weighted by Crippen LogP contribution is -2.52. The molecule has 27 heavy (non-hydrogen) atoms. The molecule has 9 heteroatoms. The molecule has 1 amide bonds. The van der Waals surface area contributed by atoms with Crippen LogP contribution in [0.2, 0.25) is 0 Å². The summed E-state index contributed by atoms with van der Waals surface area (Å²) in [6.45, 7) is 3.03. The molecule has 0 spiro atoms. The van der Waals surface area contributed by atoms with E-state index in [1.807, 2.05) is 0 Å². The Morgan fingerprint density at radius 1 is 1.11 bits per heavy atom. The summed E-state index contributed by atoms with van der Waals surface area (Å²) in [5, 5.41) is -0.280. The first-order valence-corrected chi connectivity index (χ1v) is 10.9. The number of hydrogen-bond acceptors (Lipinski definition) is 6. The smallest absolute Gasteiger partial charge is 0.374 e. The zero-order valence-electron chi connectivity index (χ0n) is 15.6. The van der Waals surface area contributed by atoms with Crippen LogP contribution in [0, 0.1) is 5.92 Å². The van der Waals surface area contributed by atoms with E-state index in [0.29, 0.717) is 13.1 Å². The maximum Gasteiger partial charge on any atom is 0.374 e. The van der Waals surface area contributed by atoms with Gasteiger partial charge in [0.25, 0.3) is 10.0 Å². The average molecular weight is 398 g/mol. The summed E-state index contributed by atoms with van der Waals surface area (Å²) in [5.41, 5.74) is 0. The average Bonchev–Trinajstić information content (AvgIpc) is 3.20. The number of carbonyl (C=O) groups excluding carboxylic acids is 2. The predicted molar refractivity (Wildman–Crippen MR) is 96.6 cm³/mol. The first-order chi connectivity index (χ1) is 12.9. The molecule has 2 fully saturated rings. The molecular weight excluding hydrogens is 372 g/mol. The molecule has 1 aliphatic carbocycles. The Bertz CT molecular complexity index is 774. The van der Waals surface area contributed by atoms with Crippen molar-refractivity contribution in [3.63, 3.8) is 0 Å². The van der Waals surface area contributed by atoms with Crippen molar-refractivity contribution in [2.45, 2.75) is 44.1 Å². The van der Waals surface area contributed by atoms with Crippen molar-refractivity contribution in [1.82, 2.24) is 9.21 Å². The van der Waals surface area contributed by atoms with Gasteiger partial charge >= 0.3 is 5.97 Å². The van der Waals surface area contributed by atoms with Gasteiger partial charge in [0, 0.05) is 32.1 Å². The number of esters is 1. The van der Waals surface area contributed by atoms with Crippen molar-refractivity contribution in [2.24, 2.45) is 5.92 Å². The standard InChI is InChI=1S/C18H26N2O6S/c1-2-25-18(22)15-8-9-16(26-15)27(23,24)20-12-10-19(11-13-20)17(21)14-6-4-3-5-7-14/h8-9,14H,2-7,10-13H2,1H3. The zero-order chi connectivity index (χ0) is 19.4. The first-order valence-electron chi connectivity index (χ1n) is 9.49. The van der Waals surface area contributed by atoms with Gasteiger partial charge in [-0.25, -0.2) is 13.2 Å². The van der Waals surface area contributed by atoms with Crippen LogP contribution < -0.4 is 0 Å². The third kappa shape index (κ3) is 4.35. The van der Waals surface area contributed by atoms with Gasteiger partial charge in [0.1, 0.15) is 0 Å². The van der Waals surface area contributed by atoms with E-state index in [1.54, 1.807) is 11.8 Å². The molecule has 0 aromatic carbocycles. The fraction of sp³-hybridized carbons (Fsp3) is 0.667. The quantitative estimate of drug-likeness (QED) is 0.703. The van der Waals surface area contributed by atoms with Crippen molar-refractivity contribution in [1.29, 1.82) is 0 Å². The lowest BCUT2D eigenvalue weighted by atomic mass is 9.88. The summed E-state index contributed by atoms with van der Waals surface area (Å²) in [5.74, 6) is -0.600. The monoisotopic (exact) mass is 398 g/mol. The normalized spacial score (nSPS) is 19.8. The second kappa shape index (κ2) is 8.43. The number of rotatable bonds is 5. The second-order valence-corrected chi connectivity index (χ2v) is 8.77. The fourth-order valence-electron chi connectivity index (χ4n) is 3.65. The van der Waals surface area contributed by atoms with E-state index >= 15 is 0 Å². The number of carbonyl (C=O) groups is 2. The molecule has 0 atom stereocenters. The van der Waals surface area contributed by atoms with Gasteiger partial charge in [-0.2, -0.15) is 4.31 Å². The van der Waals surface area contributed by atoms with Gasteiger partial charge in [0.05, 0.1) is 6.61 Å². The molecule has 3 rings (SSSR count). The van der Waals surface area contributed by atoms with Gasteiger partial charge in [-0.15, -0.1) is 0 Å². The topological polar surface area (TPSA) is 97.1 Å². The van der Waals surface area contributed by atoms with Crippen LogP contribution in [0.3, 0.4) is 0 Å². The van der Waals surface area contributed by atoms with Crippen molar-refractivity contribution in [2.75, 3.05) is 32.8 Å². The third-order valence-electron chi connectivity index (χ3n) is 5.16. The van der Waals surface area contributed by atoms with E-state index in [9.17, 15) is 18.0 Å². The summed E-state index contributed by atoms with van der Waals surface area (Å²) >= 11 is 0. The van der Waals surface area contributed by atoms with Gasteiger partial charge in [0.15, 0.2) is 0 Å². The summed E-state index contributed by atoms with van der Waals surface area (Å²) in [4.78, 5) is 26.0. The Hall–Kier alpha value is -1.87. The van der Waals surface area contributed by atoms with E-state index in [2.05, 4.69) is 0 Å². The van der Waals surface area contributed by atoms with Gasteiger partial charge in [-0.3, -0.25) is 4.79 Å². The Morgan fingerprint density at radius 2 is 1.78 bits per heavy atom. The Balaban J connectivity index is 1.61. The highest BCUT2D eigenvalue weighted by Crippen LogP contribution is 2.27. The SMILES string of the molecule is CCOC(=O)c1ccc(S(=O)(=O)N2CCN(C(=O)C3CCCCC3)CC2)o1. The van der Waals surface area contributed by atoms with Gasteiger partial charge in [-0.1, -0.05) is 19.3 Å². The molecule has 1 aliphatic heterocycles. The van der Waals surface area contributed by atoms with Crippen LogP contribution in [0.1, 0.15) is 49.6 Å². The van der Waals surface area contributed by atoms with Crippen molar-refractivity contribution in [3.05, 3.63) is 17.9 Å². The van der Waals surface area contributed by atoms with E-state index < -0.39 is 16.0 Å². The van der Waals surface area contributed by atoms with E-state index in [0.717, 1.165) is 25.7 Å². The molecule has 0 unspecified atom stereocenters. The predicted octanol–water partition coefficient (Wildman–Crippen LogP) is 1.87. The summed E-state index contributed by atoms with van der Waals surface area (Å²) in [6.07, 6.45) is 5.23. The zero-order valence-corrected chi connectivity index (χ0v) is 16.4. The number of furan rings is 1. The number of hydrogen-bond donors (Lipinski definition) is 0. The fourth-order valence-corrected chi connectivity index (χ4v) is 4.99. The first kappa shape index (κ1) is 19.9. The van der Waals surface area contributed by atoms with Crippen LogP contribution >= 0.6 is 0 Å². The number of ether oxygens (including phenoxy) is 1. The third-order valence-corrected chi connectivity index (χ3v) is 6.93. The molecule has 1 saturated carbocycles. The molecule has 0 bridgehead atoms. The van der Waals surface area contributed by atoms with Crippen LogP contribution in [-0.4, -0.2) is 62.3 Å². The van der Waals surface area contributed by atoms with Crippen molar-refractivity contribution >= 4 is 21.9 Å². The van der Waals surface area contributed by atoms with Crippen LogP contribution in [0.5, 0.6) is 0 Å². The maximum atomic E-state index is 12.7. The minimum absolute atomic E-state index is 0.0825. The number of sulfonamides is 1. The molecule has 0 radical (unpaired) electrons. The lowest BCUT2D eigenvalue weighted by Gasteiger charge is -2.36. The molecular formula is C18H26N2O6S. The van der Waals surface area contributed by atoms with Crippen LogP contribution in [0.25, 0.3) is 0 Å². The highest BCUT2D eigenvalue weighted by Gasteiger charge is 2.34. The van der Waals surface area contributed by atoms with Crippen LogP contribution in [0.15, 0.2) is 21.6 Å². The lowest BCUT2D eigenvalue weighted by molar-refractivity contribution is -0.137. The van der Waals surface area contributed by atoms with Gasteiger partial charge < -0.3 is 14.1 Å². The Labute approximate surface area is 159 Å². The molecule has 2 heterocycles. The Morgan fingerprint density at radius 3 is 2.41 bits per heavy atom. The van der Waals surface area contributed by atoms with Crippen molar-refractivity contribution in [3.8, 4) is 0 Å². The summed E-state index contributed by atoms with van der Waals surface area (Å²) in [6, 6.07) is 2.56. The molecule has 2 aliphatic rings. The van der Waals surface area contributed by atoms with Crippen LogP contribution in [0.4, 0.5) is 0 Å². The molecule has 150 valence electrons. The largest absolute Gasteiger partial charge is 0.460 e. The summed E-state index contributed by atoms with van der Waals surface area (Å²) in [7, 11) is -3.84. The number of nitrogens with zero attached hydrogens (tertiary/aromatic N) is 2. The molecule has 1 aromatic heterocycles. The van der Waals surface area contributed by atoms with E-state index in [1.165, 1.54) is 22.9 Å². The molecule has 1 aromatic rings. The minimum Gasteiger partial charge on any atom is -0.460 e. The maximum absolute atomic E-state index is 12.7. The van der Waals surface area contributed by atoms with Gasteiger partial charge in [0.2, 0.25) is 16.8 Å². The van der Waals surface area contributed by atoms with E-state index in [4.69, 9.17) is 9.15 Å². The van der Waals surface area contributed by atoms with E-state index in [-0.39, 0.29) is 42.4 Å². The number of piperazine rings is 1. The van der Waals surface area contributed by atoms with Gasteiger partial charge in [-0.05, 0) is 31.9 Å². The Kier molecular flexibility index (Phi) is 6.21. The number of amides is 1.